The number of rotatable bonds is 18. The fraction of sp³-hybridized carbons (Fsp3) is 1.00. The summed E-state index contributed by atoms with van der Waals surface area (Å²) in [6.07, 6.45) is 16.3. The summed E-state index contributed by atoms with van der Waals surface area (Å²) in [4.78, 5) is 17.7. The topological polar surface area (TPSA) is 76.0 Å². The third-order valence-corrected chi connectivity index (χ3v) is 4.66. The van der Waals surface area contributed by atoms with E-state index in [2.05, 4.69) is 11.4 Å². The van der Waals surface area contributed by atoms with E-state index in [0.29, 0.717) is 13.0 Å². The van der Waals surface area contributed by atoms with Crippen LogP contribution in [0.5, 0.6) is 0 Å². The van der Waals surface area contributed by atoms with E-state index in [-0.39, 0.29) is 52.8 Å². The van der Waals surface area contributed by atoms with Gasteiger partial charge in [0.2, 0.25) is 0 Å². The Hall–Kier alpha value is 1.71. The van der Waals surface area contributed by atoms with Crippen LogP contribution >= 0.6 is 7.82 Å². The van der Waals surface area contributed by atoms with Crippen molar-refractivity contribution in [2.24, 2.45) is 0 Å². The van der Waals surface area contributed by atoms with E-state index >= 15 is 0 Å². The molecule has 0 heterocycles. The van der Waals surface area contributed by atoms with E-state index in [9.17, 15) is 4.57 Å². The predicted molar refractivity (Wildman–Crippen MR) is 100.0 cm³/mol. The Balaban J connectivity index is -0.00000264. The molecule has 0 aromatic carbocycles. The van der Waals surface area contributed by atoms with Gasteiger partial charge in [-0.05, 0) is 19.8 Å². The summed E-state index contributed by atoms with van der Waals surface area (Å²) in [6, 6.07) is 0. The second-order valence-corrected chi connectivity index (χ2v) is 7.70. The van der Waals surface area contributed by atoms with Crippen LogP contribution in [0.25, 0.3) is 0 Å². The van der Waals surface area contributed by atoms with Gasteiger partial charge in [-0.15, -0.1) is 0 Å². The first-order valence-corrected chi connectivity index (χ1v) is 11.4. The third-order valence-electron chi connectivity index (χ3n) is 4.15. The van der Waals surface area contributed by atoms with Crippen molar-refractivity contribution in [3.8, 4) is 0 Å². The SMILES string of the molecule is CCCCCCCCCCCCCCCC(OCC)OP(=O)(O)O.[H-].[K+]. The van der Waals surface area contributed by atoms with Crippen molar-refractivity contribution in [1.29, 1.82) is 0 Å². The van der Waals surface area contributed by atoms with Crippen LogP contribution in [0.1, 0.15) is 105 Å². The zero-order valence-corrected chi connectivity index (χ0v) is 20.8. The van der Waals surface area contributed by atoms with Crippen LogP contribution in [0.3, 0.4) is 0 Å². The maximum Gasteiger partial charge on any atom is 1.00 e. The Morgan fingerprint density at radius 2 is 1.20 bits per heavy atom. The zero-order valence-electron chi connectivity index (χ0n) is 17.8. The Kier molecular flexibility index (Phi) is 23.6. The molecule has 0 fully saturated rings. The Bertz CT molecular complexity index is 318. The average molecular weight is 407 g/mol. The van der Waals surface area contributed by atoms with Gasteiger partial charge in [-0.2, -0.15) is 0 Å². The van der Waals surface area contributed by atoms with Crippen LogP contribution in [-0.2, 0) is 13.8 Å². The molecule has 0 aliphatic heterocycles. The third kappa shape index (κ3) is 23.7. The summed E-state index contributed by atoms with van der Waals surface area (Å²) in [6.45, 7) is 4.44. The molecule has 25 heavy (non-hydrogen) atoms. The van der Waals surface area contributed by atoms with E-state index < -0.39 is 14.1 Å². The molecule has 1 unspecified atom stereocenters. The van der Waals surface area contributed by atoms with Crippen LogP contribution in [0.15, 0.2) is 0 Å². The van der Waals surface area contributed by atoms with Crippen molar-refractivity contribution in [1.82, 2.24) is 0 Å². The number of hydrogen-bond donors (Lipinski definition) is 2. The first-order valence-electron chi connectivity index (χ1n) is 9.85. The van der Waals surface area contributed by atoms with Crippen molar-refractivity contribution < 1.29 is 76.4 Å². The molecule has 0 bridgehead atoms. The van der Waals surface area contributed by atoms with Crippen LogP contribution in [0, 0.1) is 0 Å². The largest absolute Gasteiger partial charge is 1.00 e. The maximum absolute atomic E-state index is 10.8. The summed E-state index contributed by atoms with van der Waals surface area (Å²) in [5.74, 6) is 0. The van der Waals surface area contributed by atoms with Gasteiger partial charge in [0.25, 0.3) is 0 Å². The molecular weight excluding hydrogens is 366 g/mol. The molecule has 0 rings (SSSR count). The summed E-state index contributed by atoms with van der Waals surface area (Å²) >= 11 is 0. The monoisotopic (exact) mass is 406 g/mol. The van der Waals surface area contributed by atoms with Gasteiger partial charge in [-0.1, -0.05) is 84.0 Å². The molecule has 0 amide bonds. The Morgan fingerprint density at radius 3 is 1.56 bits per heavy atom. The van der Waals surface area contributed by atoms with Crippen molar-refractivity contribution in [3.05, 3.63) is 0 Å². The fourth-order valence-corrected chi connectivity index (χ4v) is 3.31. The second kappa shape index (κ2) is 20.4. The van der Waals surface area contributed by atoms with E-state index in [1.807, 2.05) is 0 Å². The van der Waals surface area contributed by atoms with Gasteiger partial charge in [-0.3, -0.25) is 4.52 Å². The molecule has 7 heteroatoms. The minimum Gasteiger partial charge on any atom is -1.00 e. The Labute approximate surface area is 199 Å². The number of phosphoric acid groups is 1. The number of ether oxygens (including phenoxy) is 1. The van der Waals surface area contributed by atoms with Gasteiger partial charge in [0.1, 0.15) is 0 Å². The van der Waals surface area contributed by atoms with Gasteiger partial charge in [0, 0.05) is 6.61 Å². The molecule has 0 saturated heterocycles. The first kappa shape index (κ1) is 28.9. The van der Waals surface area contributed by atoms with E-state index in [0.717, 1.165) is 12.8 Å². The second-order valence-electron chi connectivity index (χ2n) is 6.51. The molecule has 0 aliphatic rings. The molecule has 0 radical (unpaired) electrons. The zero-order chi connectivity index (χ0) is 18.1. The number of hydrogen-bond acceptors (Lipinski definition) is 3. The van der Waals surface area contributed by atoms with Crippen molar-refractivity contribution in [3.63, 3.8) is 0 Å². The van der Waals surface area contributed by atoms with Gasteiger partial charge < -0.3 is 16.0 Å². The first-order chi connectivity index (χ1) is 11.5. The van der Waals surface area contributed by atoms with E-state index in [1.54, 1.807) is 6.92 Å². The quantitative estimate of drug-likeness (QED) is 0.158. The molecule has 0 aliphatic carbocycles. The normalized spacial score (nSPS) is 12.8. The van der Waals surface area contributed by atoms with Gasteiger partial charge in [-0.25, -0.2) is 4.57 Å². The smallest absolute Gasteiger partial charge is 1.00 e. The molecule has 0 aromatic heterocycles. The molecule has 0 saturated carbocycles. The maximum atomic E-state index is 10.8. The molecule has 0 spiro atoms. The number of unbranched alkanes of at least 4 members (excludes halogenated alkanes) is 12. The summed E-state index contributed by atoms with van der Waals surface area (Å²) in [5.41, 5.74) is 0. The Morgan fingerprint density at radius 1 is 0.800 bits per heavy atom. The molecule has 5 nitrogen and oxygen atoms in total. The average Bonchev–Trinajstić information content (AvgIpc) is 2.50. The summed E-state index contributed by atoms with van der Waals surface area (Å²) in [7, 11) is -4.46. The fourth-order valence-electron chi connectivity index (χ4n) is 2.83. The van der Waals surface area contributed by atoms with Crippen LogP contribution in [-0.4, -0.2) is 22.7 Å². The summed E-state index contributed by atoms with van der Waals surface area (Å²) < 4.78 is 20.7. The molecule has 0 aromatic rings. The van der Waals surface area contributed by atoms with Crippen LogP contribution in [0.4, 0.5) is 0 Å². The molecule has 1 atom stereocenters. The molecule has 2 N–H and O–H groups in total. The van der Waals surface area contributed by atoms with Crippen molar-refractivity contribution in [2.45, 2.75) is 110 Å². The van der Waals surface area contributed by atoms with Crippen LogP contribution < -0.4 is 51.4 Å². The summed E-state index contributed by atoms with van der Waals surface area (Å²) in [5, 5.41) is 0. The number of phosphoric ester groups is 1. The minimum absolute atomic E-state index is 0. The van der Waals surface area contributed by atoms with Gasteiger partial charge >= 0.3 is 59.2 Å². The molecule has 148 valence electrons. The minimum atomic E-state index is -4.46. The van der Waals surface area contributed by atoms with Gasteiger partial charge in [0.15, 0.2) is 6.29 Å². The molecular formula is C18H40KO5P. The van der Waals surface area contributed by atoms with Crippen molar-refractivity contribution >= 4 is 7.82 Å². The van der Waals surface area contributed by atoms with Crippen LogP contribution in [0.2, 0.25) is 0 Å². The predicted octanol–water partition coefficient (Wildman–Crippen LogP) is 3.06. The van der Waals surface area contributed by atoms with E-state index in [1.165, 1.54) is 70.6 Å². The van der Waals surface area contributed by atoms with Gasteiger partial charge in [0.05, 0.1) is 0 Å². The standard InChI is InChI=1S/C18H39O5P.K.H/c1-3-5-6-7-8-9-10-11-12-13-14-15-16-17-18(22-4-2)23-24(19,20)21;;/h18H,3-17H2,1-2H3,(H2,19,20,21);;/q;+1;-1. The van der Waals surface area contributed by atoms with E-state index in [4.69, 9.17) is 14.5 Å². The van der Waals surface area contributed by atoms with Crippen molar-refractivity contribution in [2.75, 3.05) is 6.61 Å².